The molecule has 0 N–H and O–H groups in total. The number of rotatable bonds is 17. The number of carbonyl (C=O) groups is 1. The van der Waals surface area contributed by atoms with E-state index < -0.39 is 11.6 Å². The lowest BCUT2D eigenvalue weighted by Gasteiger charge is -2.55. The number of ketones is 1. The van der Waals surface area contributed by atoms with Gasteiger partial charge in [0.2, 0.25) is 0 Å². The van der Waals surface area contributed by atoms with Crippen LogP contribution in [0.15, 0.2) is 0 Å². The lowest BCUT2D eigenvalue weighted by Crippen LogP contribution is -2.61. The number of hydrogen-bond donors (Lipinski definition) is 0. The maximum atomic E-state index is 11.7. The van der Waals surface area contributed by atoms with E-state index in [0.717, 1.165) is 102 Å². The van der Waals surface area contributed by atoms with Gasteiger partial charge in [0, 0.05) is 64.2 Å². The molecule has 0 bridgehead atoms. The molecule has 3 spiro atoms. The van der Waals surface area contributed by atoms with Crippen LogP contribution in [0.4, 0.5) is 0 Å². The summed E-state index contributed by atoms with van der Waals surface area (Å²) < 4.78 is 81.8. The summed E-state index contributed by atoms with van der Waals surface area (Å²) >= 11 is 0. The van der Waals surface area contributed by atoms with E-state index >= 15 is 0 Å². The molecule has 99 heavy (non-hydrogen) atoms. The Morgan fingerprint density at radius 3 is 1.25 bits per heavy atom. The van der Waals surface area contributed by atoms with Crippen molar-refractivity contribution in [1.82, 2.24) is 0 Å². The summed E-state index contributed by atoms with van der Waals surface area (Å²) in [5.74, 6) is 8.19. The molecule has 0 unspecified atom stereocenters. The minimum absolute atomic E-state index is 0.00959. The fourth-order valence-corrected chi connectivity index (χ4v) is 23.5. The van der Waals surface area contributed by atoms with Gasteiger partial charge in [-0.1, -0.05) is 179 Å². The third kappa shape index (κ3) is 16.6. The van der Waals surface area contributed by atoms with Gasteiger partial charge in [-0.25, -0.2) is 0 Å². The highest BCUT2D eigenvalue weighted by Crippen LogP contribution is 2.60. The topological polar surface area (TPSA) is 128 Å². The predicted molar refractivity (Wildman–Crippen MR) is 393 cm³/mol. The van der Waals surface area contributed by atoms with Crippen molar-refractivity contribution in [2.45, 2.75) is 440 Å². The van der Waals surface area contributed by atoms with Crippen molar-refractivity contribution in [2.75, 3.05) is 0 Å². The first kappa shape index (κ1) is 79.2. The molecule has 12 aliphatic heterocycles. The zero-order valence-corrected chi connectivity index (χ0v) is 67.7. The second-order valence-electron chi connectivity index (χ2n) is 39.7. The molecule has 1 saturated carbocycles. The van der Waals surface area contributed by atoms with Crippen molar-refractivity contribution >= 4 is 5.78 Å². The summed E-state index contributed by atoms with van der Waals surface area (Å²) in [6, 6.07) is 0. The summed E-state index contributed by atoms with van der Waals surface area (Å²) in [4.78, 5) is 11.7. The smallest absolute Gasteiger partial charge is 0.170 e. The first-order chi connectivity index (χ1) is 46.4. The van der Waals surface area contributed by atoms with Gasteiger partial charge >= 0.3 is 0 Å². The number of Topliss-reactive ketones (excluding diaryl/α,β-unsaturated/α-hetero) is 1. The highest BCUT2D eigenvalue weighted by atomic mass is 16.7. The van der Waals surface area contributed by atoms with Gasteiger partial charge in [0.25, 0.3) is 0 Å². The lowest BCUT2D eigenvalue weighted by molar-refractivity contribution is -0.368. The molecule has 0 aromatic heterocycles. The average molecular weight is 1390 g/mol. The number of carbonyl (C=O) groups excluding carboxylic acids is 1. The van der Waals surface area contributed by atoms with Gasteiger partial charge in [0.1, 0.15) is 5.78 Å². The molecular formula is C86H150O13. The number of ether oxygens (including phenoxy) is 12. The monoisotopic (exact) mass is 1390 g/mol. The van der Waals surface area contributed by atoms with E-state index in [9.17, 15) is 4.79 Å². The molecule has 13 nitrogen and oxygen atoms in total. The molecule has 13 fully saturated rings. The van der Waals surface area contributed by atoms with Gasteiger partial charge < -0.3 is 56.8 Å². The molecule has 13 heteroatoms. The van der Waals surface area contributed by atoms with Crippen LogP contribution in [0.3, 0.4) is 0 Å². The van der Waals surface area contributed by atoms with Crippen molar-refractivity contribution in [3.05, 3.63) is 0 Å². The minimum Gasteiger partial charge on any atom is -0.372 e. The van der Waals surface area contributed by atoms with Gasteiger partial charge in [-0.2, -0.15) is 0 Å². The molecular weight excluding hydrogens is 1240 g/mol. The van der Waals surface area contributed by atoms with Crippen LogP contribution >= 0.6 is 0 Å². The zero-order chi connectivity index (χ0) is 72.0. The first-order valence-electron chi connectivity index (χ1n) is 42.0. The van der Waals surface area contributed by atoms with Crippen LogP contribution in [0.2, 0.25) is 0 Å². The molecule has 0 aromatic rings. The normalized spacial score (nSPS) is 49.2. The second kappa shape index (κ2) is 31.0. The fourth-order valence-electron chi connectivity index (χ4n) is 23.5. The van der Waals surface area contributed by atoms with Gasteiger partial charge in [-0.3, -0.25) is 4.79 Å². The molecule has 13 aliphatic rings. The Bertz CT molecular complexity index is 2630. The summed E-state index contributed by atoms with van der Waals surface area (Å²) in [5.41, 5.74) is -0.149. The van der Waals surface area contributed by atoms with E-state index in [4.69, 9.17) is 56.8 Å². The third-order valence-corrected chi connectivity index (χ3v) is 28.6. The highest BCUT2D eigenvalue weighted by Gasteiger charge is 2.65. The fraction of sp³-hybridized carbons (Fsp3) is 0.988. The van der Waals surface area contributed by atoms with Crippen molar-refractivity contribution in [2.24, 2.45) is 101 Å². The van der Waals surface area contributed by atoms with Gasteiger partial charge in [-0.15, -0.1) is 0 Å². The van der Waals surface area contributed by atoms with Gasteiger partial charge in [-0.05, 0) is 165 Å². The molecule has 1 aliphatic carbocycles. The Morgan fingerprint density at radius 1 is 0.364 bits per heavy atom. The molecule has 572 valence electrons. The lowest BCUT2D eigenvalue weighted by atomic mass is 9.64. The number of hydrogen-bond acceptors (Lipinski definition) is 13. The SMILES string of the molecule is CC(=O)C[C@H]1O[C@@H]2[C@H](C[C@H]1C)O[C@@]1(C[C@@H]2C)C[C@H](C)[C@@H]2O[C@](CC(C)C)(C(C)C)C[C@@H]2O1.CC[C@H](C)C[C@H](C)[C@@H]1C[C@@H]2O[C@@]3(C[C@H](C)[C@@H]2O1)C[C@H](C)[C@@H]1O[C@](CC(C)C)(C(C)C)C[C@@H]1O3.CC[C@H](C)[C@@H]1C[C@H]2O[C@@H]3[C@H](C[C@H]2O1)O[C@@]1(C[C@H]2C[C@@](CC(C)C)(C(C)C)O[C@H]2[C@@H](C)C1)C[C@@H]3C. The molecule has 33 atom stereocenters. The number of fused-ring (bicyclic) bond motifs is 7. The third-order valence-electron chi connectivity index (χ3n) is 28.6. The molecule has 12 heterocycles. The highest BCUT2D eigenvalue weighted by molar-refractivity contribution is 5.76. The van der Waals surface area contributed by atoms with Gasteiger partial charge in [0.15, 0.2) is 11.6 Å². The molecule has 0 amide bonds. The molecule has 13 rings (SSSR count). The van der Waals surface area contributed by atoms with Crippen LogP contribution in [0, 0.1) is 101 Å². The van der Waals surface area contributed by atoms with E-state index in [1.807, 2.05) is 0 Å². The van der Waals surface area contributed by atoms with Crippen molar-refractivity contribution in [1.29, 1.82) is 0 Å². The van der Waals surface area contributed by atoms with Crippen LogP contribution in [-0.4, -0.2) is 137 Å². The van der Waals surface area contributed by atoms with E-state index in [1.165, 1.54) is 32.1 Å². The first-order valence-corrected chi connectivity index (χ1v) is 42.0. The maximum absolute atomic E-state index is 11.7. The average Bonchev–Trinajstić information content (AvgIpc) is 1.66. The maximum Gasteiger partial charge on any atom is 0.170 e. The van der Waals surface area contributed by atoms with E-state index in [-0.39, 0.29) is 108 Å². The van der Waals surface area contributed by atoms with Crippen LogP contribution in [0.25, 0.3) is 0 Å². The Kier molecular flexibility index (Phi) is 24.8. The second-order valence-corrected chi connectivity index (χ2v) is 39.7. The summed E-state index contributed by atoms with van der Waals surface area (Å²) in [6.07, 6.45) is 24.7. The summed E-state index contributed by atoms with van der Waals surface area (Å²) in [6.45, 7) is 57.5. The Hall–Kier alpha value is -0.810. The summed E-state index contributed by atoms with van der Waals surface area (Å²) in [7, 11) is 0. The Labute approximate surface area is 604 Å². The van der Waals surface area contributed by atoms with Crippen LogP contribution in [0.1, 0.15) is 308 Å². The van der Waals surface area contributed by atoms with Crippen molar-refractivity contribution in [3.8, 4) is 0 Å². The standard InChI is InChI=1S/C30H52O4.C29H52O4.C27H46O5/c1-9-19(6)23-10-25-24(31-23)11-26-28(32-25)21(8)14-29(33-26)13-20(7)27-22(15-29)16-30(34-27,18(4)5)12-17(2)3;1-10-19(6)11-20(7)23-12-24-26(30-23)21(8)14-29(31-24)15-22(9)27-25(32-29)16-28(33-27,18(4)5)13-17(2)3;1-15(2)11-26(16(3)4)14-23-25(32-26)19(7)13-27(31-23)12-18(6)24-22(30-27)9-17(5)21(29-24)10-20(8)28/h17-28H,9-16H2,1-8H3;17-27H,10-16H2,1-9H3;15-19,21-25H,9-14H2,1-8H3/t19-,20-,21-,22-,23-,24+,25+,26-,27-,28-,29+,30-;19-,20-,21-,22-,23-,24-,25-,26-,27-,28-,29+;17-,18+,19+,21-,22+,23+,24+,25+,26+,27-/m001/s1. The predicted octanol–water partition coefficient (Wildman–Crippen LogP) is 19.3. The zero-order valence-electron chi connectivity index (χ0n) is 67.7. The molecule has 0 aromatic carbocycles. The van der Waals surface area contributed by atoms with Crippen LogP contribution in [-0.2, 0) is 61.6 Å². The summed E-state index contributed by atoms with van der Waals surface area (Å²) in [5, 5.41) is 0. The minimum atomic E-state index is -0.536. The van der Waals surface area contributed by atoms with E-state index in [0.29, 0.717) is 119 Å². The van der Waals surface area contributed by atoms with Gasteiger partial charge in [0.05, 0.1) is 120 Å². The van der Waals surface area contributed by atoms with Crippen LogP contribution in [0.5, 0.6) is 0 Å². The van der Waals surface area contributed by atoms with E-state index in [1.54, 1.807) is 6.92 Å². The molecule has 12 saturated heterocycles. The van der Waals surface area contributed by atoms with Crippen molar-refractivity contribution < 1.29 is 61.6 Å². The van der Waals surface area contributed by atoms with Crippen molar-refractivity contribution in [3.63, 3.8) is 0 Å². The Balaban J connectivity index is 0.000000150. The quantitative estimate of drug-likeness (QED) is 0.137. The van der Waals surface area contributed by atoms with E-state index in [2.05, 4.69) is 166 Å². The van der Waals surface area contributed by atoms with Crippen LogP contribution < -0.4 is 0 Å². The molecule has 0 radical (unpaired) electrons. The Morgan fingerprint density at radius 2 is 0.768 bits per heavy atom. The largest absolute Gasteiger partial charge is 0.372 e.